The summed E-state index contributed by atoms with van der Waals surface area (Å²) in [4.78, 5) is 4.59. The zero-order chi connectivity index (χ0) is 31.1. The van der Waals surface area contributed by atoms with E-state index in [1.807, 2.05) is 27.7 Å². The molecule has 0 atom stereocenters. The summed E-state index contributed by atoms with van der Waals surface area (Å²) in [6.45, 7) is 11.6. The van der Waals surface area contributed by atoms with E-state index in [0.29, 0.717) is 0 Å². The van der Waals surface area contributed by atoms with E-state index in [9.17, 15) is 0 Å². The summed E-state index contributed by atoms with van der Waals surface area (Å²) in [5.74, 6) is 0. The maximum atomic E-state index is 6.58. The predicted octanol–water partition coefficient (Wildman–Crippen LogP) is 11.6. The van der Waals surface area contributed by atoms with Crippen molar-refractivity contribution in [3.05, 3.63) is 144 Å². The van der Waals surface area contributed by atoms with Gasteiger partial charge in [0.2, 0.25) is 0 Å². The molecular formula is C38H42BN2Zr-4. The molecule has 42 heavy (non-hydrogen) atoms. The van der Waals surface area contributed by atoms with Crippen LogP contribution in [0.4, 0.5) is 0 Å². The summed E-state index contributed by atoms with van der Waals surface area (Å²) in [6, 6.07) is 43.3. The van der Waals surface area contributed by atoms with Crippen molar-refractivity contribution in [3.63, 3.8) is 0 Å². The van der Waals surface area contributed by atoms with Gasteiger partial charge in [-0.2, -0.15) is 12.1 Å². The summed E-state index contributed by atoms with van der Waals surface area (Å²) in [5.41, 5.74) is 21.1. The van der Waals surface area contributed by atoms with Gasteiger partial charge in [0.05, 0.1) is 0 Å². The first-order valence-electron chi connectivity index (χ1n) is 14.3. The van der Waals surface area contributed by atoms with Crippen LogP contribution in [0.1, 0.15) is 38.8 Å². The Bertz CT molecular complexity index is 1470. The third-order valence-electron chi connectivity index (χ3n) is 5.96. The van der Waals surface area contributed by atoms with Gasteiger partial charge in [-0.1, -0.05) is 125 Å². The van der Waals surface area contributed by atoms with Gasteiger partial charge in [-0.25, -0.2) is 0 Å². The van der Waals surface area contributed by atoms with E-state index in [1.54, 1.807) is 0 Å². The molecule has 0 bridgehead atoms. The summed E-state index contributed by atoms with van der Waals surface area (Å²) in [7, 11) is 0. The van der Waals surface area contributed by atoms with Crippen LogP contribution in [0.5, 0.6) is 0 Å². The first kappa shape index (κ1) is 35.2. The standard InChI is InChI=1S/2C16H13.2C3H8N.B.Zr/c2*1-12-10-14-8-5-9-15(16(14)11-12)13-6-3-2-4-7-13;2*1-3(2)4;;/h2*2-11H,1H3;2*3-4H,1-2H3;;/q4*-1;;. The van der Waals surface area contributed by atoms with Crippen LogP contribution in [0.2, 0.25) is 0 Å². The van der Waals surface area contributed by atoms with Gasteiger partial charge >= 0.3 is 28.9 Å². The Labute approximate surface area is 268 Å². The van der Waals surface area contributed by atoms with E-state index in [4.69, 9.17) is 11.5 Å². The molecule has 0 aliphatic rings. The molecule has 4 heteroatoms. The van der Waals surface area contributed by atoms with Gasteiger partial charge in [-0.15, -0.1) is 81.2 Å². The molecule has 0 saturated heterocycles. The summed E-state index contributed by atoms with van der Waals surface area (Å²) >= 11 is 1.05. The van der Waals surface area contributed by atoms with Gasteiger partial charge in [0.25, 0.3) is 0 Å². The number of fused-ring (bicyclic) bond motifs is 2. The molecule has 0 fully saturated rings. The second-order valence-electron chi connectivity index (χ2n) is 10.7. The molecule has 0 aromatic heterocycles. The Morgan fingerprint density at radius 3 is 1.14 bits per heavy atom. The molecule has 0 unspecified atom stereocenters. The van der Waals surface area contributed by atoms with Gasteiger partial charge in [-0.05, 0) is 11.1 Å². The minimum absolute atomic E-state index is 0.0833. The molecule has 0 heterocycles. The zero-order valence-electron chi connectivity index (χ0n) is 25.8. The van der Waals surface area contributed by atoms with Gasteiger partial charge in [0, 0.05) is 0 Å². The first-order valence-corrected chi connectivity index (χ1v) is 15.7. The number of hydrogen-bond acceptors (Lipinski definition) is 0. The second kappa shape index (κ2) is 18.5. The van der Waals surface area contributed by atoms with Gasteiger partial charge < -0.3 is 11.5 Å². The molecule has 2 N–H and O–H groups in total. The minimum atomic E-state index is 0.0833. The molecule has 2 nitrogen and oxygen atoms in total. The molecular weight excluding hydrogens is 586 g/mol. The van der Waals surface area contributed by atoms with E-state index >= 15 is 0 Å². The van der Waals surface area contributed by atoms with Crippen molar-refractivity contribution in [1.82, 2.24) is 0 Å². The third kappa shape index (κ3) is 11.3. The summed E-state index contributed by atoms with van der Waals surface area (Å²) in [6.07, 6.45) is 0. The number of aryl methyl sites for hydroxylation is 2. The summed E-state index contributed by atoms with van der Waals surface area (Å²) in [5, 5.41) is 5.37. The normalized spacial score (nSPS) is 10.0. The van der Waals surface area contributed by atoms with Crippen LogP contribution >= 0.6 is 0 Å². The van der Waals surface area contributed by atoms with Crippen molar-refractivity contribution >= 4 is 26.5 Å². The van der Waals surface area contributed by atoms with Crippen LogP contribution in [0.25, 0.3) is 55.3 Å². The van der Waals surface area contributed by atoms with Crippen molar-refractivity contribution in [3.8, 4) is 22.3 Å². The van der Waals surface area contributed by atoms with Crippen LogP contribution in [-0.2, 0) is 24.0 Å². The average molecular weight is 629 g/mol. The van der Waals surface area contributed by atoms with Crippen LogP contribution in [0.15, 0.2) is 121 Å². The topological polar surface area (TPSA) is 47.6 Å². The molecule has 0 saturated carbocycles. The molecule has 0 amide bonds. The Morgan fingerprint density at radius 1 is 0.524 bits per heavy atom. The molecule has 1 radical (unpaired) electrons. The predicted molar refractivity (Wildman–Crippen MR) is 184 cm³/mol. The van der Waals surface area contributed by atoms with E-state index in [2.05, 4.69) is 140 Å². The summed E-state index contributed by atoms with van der Waals surface area (Å²) < 4.78 is 0. The van der Waals surface area contributed by atoms with Crippen LogP contribution < -0.4 is 0 Å². The van der Waals surface area contributed by atoms with Gasteiger partial charge in [-0.3, -0.25) is 0 Å². The average Bonchev–Trinajstić information content (AvgIpc) is 3.55. The number of hydrogen-bond donors (Lipinski definition) is 0. The second-order valence-corrected chi connectivity index (χ2v) is 10.7. The fourth-order valence-electron chi connectivity index (χ4n) is 4.51. The Hall–Kier alpha value is -3.03. The Balaban J connectivity index is 0.000000225. The Kier molecular flexibility index (Phi) is 15.5. The van der Waals surface area contributed by atoms with Gasteiger partial charge in [0.15, 0.2) is 0 Å². The number of nitrogens with one attached hydrogen (secondary N) is 2. The maximum absolute atomic E-state index is 6.58. The van der Waals surface area contributed by atoms with Crippen LogP contribution in [0, 0.1) is 13.8 Å². The zero-order valence-corrected chi connectivity index (χ0v) is 28.2. The molecule has 215 valence electrons. The molecule has 0 spiro atoms. The number of benzene rings is 4. The van der Waals surface area contributed by atoms with Crippen molar-refractivity contribution < 1.29 is 24.0 Å². The third-order valence-corrected chi connectivity index (χ3v) is 5.96. The van der Waals surface area contributed by atoms with Crippen molar-refractivity contribution in [1.29, 1.82) is 0 Å². The van der Waals surface area contributed by atoms with E-state index in [1.165, 1.54) is 54.9 Å². The molecule has 6 aromatic carbocycles. The van der Waals surface area contributed by atoms with Crippen molar-refractivity contribution in [2.24, 2.45) is 0 Å². The Morgan fingerprint density at radius 2 is 0.833 bits per heavy atom. The van der Waals surface area contributed by atoms with Gasteiger partial charge in [0.1, 0.15) is 0 Å². The van der Waals surface area contributed by atoms with E-state index < -0.39 is 0 Å². The van der Waals surface area contributed by atoms with Crippen LogP contribution in [0.3, 0.4) is 0 Å². The SMILES string of the molecule is CC(C)[NH-].CC(C)[NH-].Cc1cc2c(-c3ccccc3)cccc2[cH-]1.Cc1cc2c(-c3ccccc3)cccc2[cH-]1.[B]=[Zr]. The number of rotatable bonds is 2. The molecule has 6 aromatic rings. The first-order chi connectivity index (χ1) is 20.2. The van der Waals surface area contributed by atoms with E-state index in [-0.39, 0.29) is 12.1 Å². The molecule has 0 aliphatic heterocycles. The van der Waals surface area contributed by atoms with Crippen molar-refractivity contribution in [2.45, 2.75) is 53.6 Å². The van der Waals surface area contributed by atoms with Crippen LogP contribution in [-0.4, -0.2) is 17.0 Å². The van der Waals surface area contributed by atoms with E-state index in [0.717, 1.165) is 24.0 Å². The monoisotopic (exact) mass is 627 g/mol. The van der Waals surface area contributed by atoms with Crippen molar-refractivity contribution in [2.75, 3.05) is 0 Å². The molecule has 6 rings (SSSR count). The fraction of sp³-hybridized carbons (Fsp3) is 0.211. The fourth-order valence-corrected chi connectivity index (χ4v) is 4.51. The quantitative estimate of drug-likeness (QED) is 0.135. The molecule has 0 aliphatic carbocycles.